The van der Waals surface area contributed by atoms with E-state index in [0.717, 1.165) is 4.57 Å². The van der Waals surface area contributed by atoms with Gasteiger partial charge in [0.05, 0.1) is 0 Å². The molecule has 0 saturated carbocycles. The Labute approximate surface area is 74.8 Å². The average Bonchev–Trinajstić information content (AvgIpc) is 2.53. The van der Waals surface area contributed by atoms with E-state index in [9.17, 15) is 8.78 Å². The highest BCUT2D eigenvalue weighted by Crippen LogP contribution is 2.36. The van der Waals surface area contributed by atoms with Crippen molar-refractivity contribution >= 4 is 0 Å². The molecule has 0 aromatic carbocycles. The smallest absolute Gasteiger partial charge is 0.253 e. The molecule has 1 aromatic rings. The van der Waals surface area contributed by atoms with Crippen LogP contribution in [0.2, 0.25) is 0 Å². The SMILES string of the molecule is CC(C)c1nnc2n1C(F)(F)CC2. The lowest BCUT2D eigenvalue weighted by atomic mass is 10.2. The number of hydrogen-bond donors (Lipinski definition) is 0. The van der Waals surface area contributed by atoms with Crippen LogP contribution < -0.4 is 0 Å². The monoisotopic (exact) mass is 187 g/mol. The van der Waals surface area contributed by atoms with E-state index in [2.05, 4.69) is 10.2 Å². The summed E-state index contributed by atoms with van der Waals surface area (Å²) in [6.07, 6.45) is 0.185. The molecule has 3 nitrogen and oxygen atoms in total. The zero-order valence-corrected chi connectivity index (χ0v) is 7.59. The first-order chi connectivity index (χ1) is 6.02. The Morgan fingerprint density at radius 1 is 1.38 bits per heavy atom. The van der Waals surface area contributed by atoms with Crippen LogP contribution in [-0.4, -0.2) is 14.8 Å². The summed E-state index contributed by atoms with van der Waals surface area (Å²) < 4.78 is 27.5. The van der Waals surface area contributed by atoms with Gasteiger partial charge in [-0.1, -0.05) is 13.8 Å². The lowest BCUT2D eigenvalue weighted by Crippen LogP contribution is -2.21. The second-order valence-corrected chi connectivity index (χ2v) is 3.63. The van der Waals surface area contributed by atoms with E-state index >= 15 is 0 Å². The van der Waals surface area contributed by atoms with Crippen molar-refractivity contribution in [3.8, 4) is 0 Å². The molecule has 0 aliphatic carbocycles. The van der Waals surface area contributed by atoms with Gasteiger partial charge in [-0.25, -0.2) is 0 Å². The van der Waals surface area contributed by atoms with Crippen LogP contribution in [0.5, 0.6) is 0 Å². The summed E-state index contributed by atoms with van der Waals surface area (Å²) >= 11 is 0. The minimum Gasteiger partial charge on any atom is -0.253 e. The van der Waals surface area contributed by atoms with Crippen LogP contribution >= 0.6 is 0 Å². The third-order valence-electron chi connectivity index (χ3n) is 2.25. The van der Waals surface area contributed by atoms with Crippen molar-refractivity contribution in [1.82, 2.24) is 14.8 Å². The second-order valence-electron chi connectivity index (χ2n) is 3.63. The van der Waals surface area contributed by atoms with Crippen LogP contribution in [0.15, 0.2) is 0 Å². The third-order valence-corrected chi connectivity index (χ3v) is 2.25. The molecule has 0 fully saturated rings. The van der Waals surface area contributed by atoms with Crippen LogP contribution in [0.1, 0.15) is 37.8 Å². The average molecular weight is 187 g/mol. The summed E-state index contributed by atoms with van der Waals surface area (Å²) in [6.45, 7) is 3.68. The van der Waals surface area contributed by atoms with Crippen molar-refractivity contribution in [2.24, 2.45) is 0 Å². The predicted octanol–water partition coefficient (Wildman–Crippen LogP) is 1.90. The van der Waals surface area contributed by atoms with Crippen molar-refractivity contribution in [2.75, 3.05) is 0 Å². The number of alkyl halides is 2. The van der Waals surface area contributed by atoms with E-state index in [1.54, 1.807) is 0 Å². The summed E-state index contributed by atoms with van der Waals surface area (Å²) in [4.78, 5) is 0. The fourth-order valence-electron chi connectivity index (χ4n) is 1.60. The van der Waals surface area contributed by atoms with Gasteiger partial charge in [0.1, 0.15) is 11.6 Å². The maximum atomic E-state index is 13.3. The van der Waals surface area contributed by atoms with Crippen LogP contribution in [0.3, 0.4) is 0 Å². The van der Waals surface area contributed by atoms with Gasteiger partial charge < -0.3 is 0 Å². The Bertz CT molecular complexity index is 330. The number of aryl methyl sites for hydroxylation is 1. The Hall–Kier alpha value is -1.00. The molecule has 13 heavy (non-hydrogen) atoms. The molecule has 2 heterocycles. The molecule has 72 valence electrons. The summed E-state index contributed by atoms with van der Waals surface area (Å²) in [5.41, 5.74) is 0. The van der Waals surface area contributed by atoms with E-state index in [1.165, 1.54) is 0 Å². The first-order valence-electron chi connectivity index (χ1n) is 4.35. The first-order valence-corrected chi connectivity index (χ1v) is 4.35. The number of rotatable bonds is 1. The van der Waals surface area contributed by atoms with E-state index in [0.29, 0.717) is 18.1 Å². The summed E-state index contributed by atoms with van der Waals surface area (Å²) in [6, 6.07) is -2.78. The van der Waals surface area contributed by atoms with Gasteiger partial charge in [-0.05, 0) is 0 Å². The van der Waals surface area contributed by atoms with E-state index in [-0.39, 0.29) is 12.3 Å². The first kappa shape index (κ1) is 8.59. The minimum absolute atomic E-state index is 0.00905. The molecular formula is C8H11F2N3. The largest absolute Gasteiger partial charge is 0.332 e. The van der Waals surface area contributed by atoms with Gasteiger partial charge in [-0.2, -0.15) is 8.78 Å². The summed E-state index contributed by atoms with van der Waals surface area (Å²) in [5, 5.41) is 7.51. The molecule has 0 spiro atoms. The molecule has 0 amide bonds. The second kappa shape index (κ2) is 2.49. The molecule has 0 bridgehead atoms. The molecule has 0 unspecified atom stereocenters. The molecule has 1 aliphatic rings. The number of aromatic nitrogens is 3. The maximum Gasteiger partial charge on any atom is 0.332 e. The van der Waals surface area contributed by atoms with Gasteiger partial charge in [0, 0.05) is 18.8 Å². The standard InChI is InChI=1S/C8H11F2N3/c1-5(2)7-12-11-6-3-4-8(9,10)13(6)7/h5H,3-4H2,1-2H3. The molecule has 0 saturated heterocycles. The molecule has 1 aromatic heterocycles. The highest BCUT2D eigenvalue weighted by molar-refractivity contribution is 5.07. The normalized spacial score (nSPS) is 19.5. The summed E-state index contributed by atoms with van der Waals surface area (Å²) in [7, 11) is 0. The maximum absolute atomic E-state index is 13.3. The van der Waals surface area contributed by atoms with E-state index in [1.807, 2.05) is 13.8 Å². The third kappa shape index (κ3) is 1.14. The van der Waals surface area contributed by atoms with Crippen LogP contribution in [0.25, 0.3) is 0 Å². The number of fused-ring (bicyclic) bond motifs is 1. The zero-order valence-electron chi connectivity index (χ0n) is 7.59. The summed E-state index contributed by atoms with van der Waals surface area (Å²) in [5.74, 6) is 0.788. The molecule has 1 aliphatic heterocycles. The Morgan fingerprint density at radius 2 is 2.08 bits per heavy atom. The predicted molar refractivity (Wildman–Crippen MR) is 42.6 cm³/mol. The molecule has 0 atom stereocenters. The molecule has 2 rings (SSSR count). The molecule has 5 heteroatoms. The molecule has 0 N–H and O–H groups in total. The van der Waals surface area contributed by atoms with E-state index in [4.69, 9.17) is 0 Å². The van der Waals surface area contributed by atoms with Crippen molar-refractivity contribution in [2.45, 2.75) is 38.7 Å². The number of nitrogens with zero attached hydrogens (tertiary/aromatic N) is 3. The van der Waals surface area contributed by atoms with Gasteiger partial charge in [0.25, 0.3) is 0 Å². The van der Waals surface area contributed by atoms with Crippen molar-refractivity contribution in [3.63, 3.8) is 0 Å². The van der Waals surface area contributed by atoms with Crippen molar-refractivity contribution in [3.05, 3.63) is 11.6 Å². The Kier molecular flexibility index (Phi) is 1.65. The highest BCUT2D eigenvalue weighted by atomic mass is 19.3. The Balaban J connectivity index is 2.53. The zero-order chi connectivity index (χ0) is 9.64. The number of hydrogen-bond acceptors (Lipinski definition) is 2. The number of halogens is 2. The van der Waals surface area contributed by atoms with Gasteiger partial charge in [0.2, 0.25) is 0 Å². The molecule has 0 radical (unpaired) electrons. The van der Waals surface area contributed by atoms with Gasteiger partial charge in [0.15, 0.2) is 0 Å². The fraction of sp³-hybridized carbons (Fsp3) is 0.750. The van der Waals surface area contributed by atoms with E-state index < -0.39 is 6.05 Å². The minimum atomic E-state index is -2.78. The lowest BCUT2D eigenvalue weighted by Gasteiger charge is -2.14. The topological polar surface area (TPSA) is 30.7 Å². The van der Waals surface area contributed by atoms with Gasteiger partial charge in [-0.3, -0.25) is 4.57 Å². The Morgan fingerprint density at radius 3 is 2.69 bits per heavy atom. The molecular weight excluding hydrogens is 176 g/mol. The quantitative estimate of drug-likeness (QED) is 0.672. The van der Waals surface area contributed by atoms with Gasteiger partial charge in [-0.15, -0.1) is 10.2 Å². The highest BCUT2D eigenvalue weighted by Gasteiger charge is 2.42. The van der Waals surface area contributed by atoms with Gasteiger partial charge >= 0.3 is 6.05 Å². The fourth-order valence-corrected chi connectivity index (χ4v) is 1.60. The van der Waals surface area contributed by atoms with Crippen molar-refractivity contribution < 1.29 is 8.78 Å². The van der Waals surface area contributed by atoms with Crippen LogP contribution in [-0.2, 0) is 12.5 Å². The van der Waals surface area contributed by atoms with Crippen molar-refractivity contribution in [1.29, 1.82) is 0 Å². The lowest BCUT2D eigenvalue weighted by molar-refractivity contribution is -0.0755. The van der Waals surface area contributed by atoms with Crippen LogP contribution in [0.4, 0.5) is 8.78 Å². The van der Waals surface area contributed by atoms with Crippen LogP contribution in [0, 0.1) is 0 Å².